The fourth-order valence-corrected chi connectivity index (χ4v) is 1.93. The van der Waals surface area contributed by atoms with Crippen LogP contribution in [0.15, 0.2) is 36.4 Å². The number of hydrogen-bond acceptors (Lipinski definition) is 4. The third kappa shape index (κ3) is 2.60. The summed E-state index contributed by atoms with van der Waals surface area (Å²) in [5, 5.41) is 8.93. The van der Waals surface area contributed by atoms with Crippen molar-refractivity contribution in [1.82, 2.24) is 0 Å². The largest absolute Gasteiger partial charge is 0.478 e. The highest BCUT2D eigenvalue weighted by molar-refractivity contribution is 5.91. The molecule has 7 N–H and O–H groups in total. The molecule has 2 aromatic carbocycles. The summed E-state index contributed by atoms with van der Waals surface area (Å²) in [6, 6.07) is 10.2. The van der Waals surface area contributed by atoms with Gasteiger partial charge in [0.25, 0.3) is 0 Å². The Hall–Kier alpha value is -2.69. The molecular formula is C14H15N3O2. The smallest absolute Gasteiger partial charge is 0.335 e. The number of anilines is 3. The summed E-state index contributed by atoms with van der Waals surface area (Å²) in [5.41, 5.74) is 20.7. The summed E-state index contributed by atoms with van der Waals surface area (Å²) in [6.45, 7) is 0. The number of carboxylic acid groups (broad SMARTS) is 1. The lowest BCUT2D eigenvalue weighted by atomic mass is 9.98. The van der Waals surface area contributed by atoms with Crippen LogP contribution in [-0.2, 0) is 6.42 Å². The molecule has 0 aromatic heterocycles. The van der Waals surface area contributed by atoms with Crippen molar-refractivity contribution in [2.75, 3.05) is 17.2 Å². The lowest BCUT2D eigenvalue weighted by Crippen LogP contribution is -2.06. The van der Waals surface area contributed by atoms with E-state index in [9.17, 15) is 4.79 Å². The van der Waals surface area contributed by atoms with Crippen molar-refractivity contribution in [2.24, 2.45) is 0 Å². The van der Waals surface area contributed by atoms with Gasteiger partial charge in [0.1, 0.15) is 0 Å². The first-order chi connectivity index (χ1) is 8.99. The van der Waals surface area contributed by atoms with Gasteiger partial charge in [-0.15, -0.1) is 0 Å². The Balaban J connectivity index is 2.42. The van der Waals surface area contributed by atoms with E-state index in [1.807, 2.05) is 18.2 Å². The van der Waals surface area contributed by atoms with Crippen molar-refractivity contribution in [3.8, 4) is 0 Å². The maximum atomic E-state index is 10.9. The lowest BCUT2D eigenvalue weighted by Gasteiger charge is -2.12. The molecule has 0 saturated heterocycles. The standard InChI is InChI=1S/C14H15N3O2/c15-11-4-2-1-3-8(11)5-10-12(16)6-9(14(18)19)7-13(10)17/h1-4,6-7H,5,15-17H2,(H,18,19). The highest BCUT2D eigenvalue weighted by atomic mass is 16.4. The quantitative estimate of drug-likeness (QED) is 0.625. The molecule has 0 radical (unpaired) electrons. The van der Waals surface area contributed by atoms with E-state index in [1.165, 1.54) is 12.1 Å². The van der Waals surface area contributed by atoms with Crippen molar-refractivity contribution in [2.45, 2.75) is 6.42 Å². The van der Waals surface area contributed by atoms with E-state index in [2.05, 4.69) is 0 Å². The first-order valence-electron chi connectivity index (χ1n) is 5.73. The van der Waals surface area contributed by atoms with E-state index in [4.69, 9.17) is 22.3 Å². The number of nitrogen functional groups attached to an aromatic ring is 3. The van der Waals surface area contributed by atoms with Gasteiger partial charge < -0.3 is 22.3 Å². The Morgan fingerprint density at radius 1 is 1.00 bits per heavy atom. The van der Waals surface area contributed by atoms with Crippen LogP contribution in [-0.4, -0.2) is 11.1 Å². The molecule has 5 heteroatoms. The number of carboxylic acids is 1. The number of rotatable bonds is 3. The molecule has 98 valence electrons. The molecule has 0 unspecified atom stereocenters. The fraction of sp³-hybridized carbons (Fsp3) is 0.0714. The van der Waals surface area contributed by atoms with Gasteiger partial charge >= 0.3 is 5.97 Å². The van der Waals surface area contributed by atoms with Gasteiger partial charge in [0.05, 0.1) is 5.56 Å². The summed E-state index contributed by atoms with van der Waals surface area (Å²) in [7, 11) is 0. The molecule has 2 aromatic rings. The summed E-state index contributed by atoms with van der Waals surface area (Å²) < 4.78 is 0. The number of hydrogen-bond donors (Lipinski definition) is 4. The highest BCUT2D eigenvalue weighted by Gasteiger charge is 2.12. The summed E-state index contributed by atoms with van der Waals surface area (Å²) in [5.74, 6) is -1.05. The molecule has 0 bridgehead atoms. The molecule has 5 nitrogen and oxygen atoms in total. The molecule has 0 fully saturated rings. The van der Waals surface area contributed by atoms with Gasteiger partial charge in [0.2, 0.25) is 0 Å². The minimum atomic E-state index is -1.05. The zero-order valence-electron chi connectivity index (χ0n) is 10.3. The van der Waals surface area contributed by atoms with Gasteiger partial charge in [-0.1, -0.05) is 18.2 Å². The number of carbonyl (C=O) groups is 1. The van der Waals surface area contributed by atoms with Crippen LogP contribution < -0.4 is 17.2 Å². The van der Waals surface area contributed by atoms with Crippen LogP contribution in [0.5, 0.6) is 0 Å². The number of aromatic carboxylic acids is 1. The van der Waals surface area contributed by atoms with E-state index in [1.54, 1.807) is 6.07 Å². The predicted octanol–water partition coefficient (Wildman–Crippen LogP) is 1.72. The van der Waals surface area contributed by atoms with Crippen molar-refractivity contribution in [3.05, 3.63) is 53.1 Å². The molecule has 2 rings (SSSR count). The molecule has 0 aliphatic rings. The van der Waals surface area contributed by atoms with Gasteiger partial charge in [0.15, 0.2) is 0 Å². The normalized spacial score (nSPS) is 10.3. The topological polar surface area (TPSA) is 115 Å². The zero-order chi connectivity index (χ0) is 14.0. The zero-order valence-corrected chi connectivity index (χ0v) is 10.3. The molecule has 0 atom stereocenters. The average molecular weight is 257 g/mol. The van der Waals surface area contributed by atoms with Gasteiger partial charge in [-0.05, 0) is 23.8 Å². The number of nitrogens with two attached hydrogens (primary N) is 3. The predicted molar refractivity (Wildman–Crippen MR) is 75.9 cm³/mol. The Morgan fingerprint density at radius 2 is 1.58 bits per heavy atom. The van der Waals surface area contributed by atoms with E-state index < -0.39 is 5.97 Å². The molecule has 0 saturated carbocycles. The Bertz CT molecular complexity index is 615. The molecule has 0 aliphatic heterocycles. The average Bonchev–Trinajstić information content (AvgIpc) is 2.35. The summed E-state index contributed by atoms with van der Waals surface area (Å²) in [4.78, 5) is 10.9. The molecule has 0 aliphatic carbocycles. The Morgan fingerprint density at radius 3 is 2.11 bits per heavy atom. The van der Waals surface area contributed by atoms with Crippen LogP contribution in [0, 0.1) is 0 Å². The van der Waals surface area contributed by atoms with Crippen LogP contribution in [0.2, 0.25) is 0 Å². The van der Waals surface area contributed by atoms with Crippen molar-refractivity contribution in [1.29, 1.82) is 0 Å². The van der Waals surface area contributed by atoms with Gasteiger partial charge in [0, 0.05) is 29.0 Å². The van der Waals surface area contributed by atoms with E-state index in [0.717, 1.165) is 5.56 Å². The first kappa shape index (κ1) is 12.8. The maximum Gasteiger partial charge on any atom is 0.335 e. The lowest BCUT2D eigenvalue weighted by molar-refractivity contribution is 0.0697. The van der Waals surface area contributed by atoms with Crippen LogP contribution in [0.1, 0.15) is 21.5 Å². The van der Waals surface area contributed by atoms with Crippen LogP contribution in [0.25, 0.3) is 0 Å². The van der Waals surface area contributed by atoms with E-state index in [0.29, 0.717) is 29.0 Å². The molecule has 0 spiro atoms. The second-order valence-corrected chi connectivity index (χ2v) is 4.31. The summed E-state index contributed by atoms with van der Waals surface area (Å²) in [6.07, 6.45) is 0.476. The van der Waals surface area contributed by atoms with Crippen molar-refractivity contribution < 1.29 is 9.90 Å². The summed E-state index contributed by atoms with van der Waals surface area (Å²) >= 11 is 0. The van der Waals surface area contributed by atoms with Gasteiger partial charge in [-0.2, -0.15) is 0 Å². The van der Waals surface area contributed by atoms with Crippen molar-refractivity contribution in [3.63, 3.8) is 0 Å². The highest BCUT2D eigenvalue weighted by Crippen LogP contribution is 2.27. The third-order valence-electron chi connectivity index (χ3n) is 2.99. The minimum absolute atomic E-state index is 0.0831. The van der Waals surface area contributed by atoms with Crippen molar-refractivity contribution >= 4 is 23.0 Å². The van der Waals surface area contributed by atoms with Crippen LogP contribution in [0.4, 0.5) is 17.1 Å². The van der Waals surface area contributed by atoms with E-state index >= 15 is 0 Å². The monoisotopic (exact) mass is 257 g/mol. The Labute approximate surface area is 110 Å². The second kappa shape index (κ2) is 4.89. The van der Waals surface area contributed by atoms with Crippen LogP contribution in [0.3, 0.4) is 0 Å². The number of para-hydroxylation sites is 1. The fourth-order valence-electron chi connectivity index (χ4n) is 1.93. The number of benzene rings is 2. The van der Waals surface area contributed by atoms with Gasteiger partial charge in [-0.3, -0.25) is 0 Å². The third-order valence-corrected chi connectivity index (χ3v) is 2.99. The second-order valence-electron chi connectivity index (χ2n) is 4.31. The Kier molecular flexibility index (Phi) is 3.29. The van der Waals surface area contributed by atoms with Crippen LogP contribution >= 0.6 is 0 Å². The van der Waals surface area contributed by atoms with E-state index in [-0.39, 0.29) is 5.56 Å². The minimum Gasteiger partial charge on any atom is -0.478 e. The maximum absolute atomic E-state index is 10.9. The molecule has 19 heavy (non-hydrogen) atoms. The molecular weight excluding hydrogens is 242 g/mol. The molecule has 0 amide bonds. The SMILES string of the molecule is Nc1ccccc1Cc1c(N)cc(C(=O)O)cc1N. The molecule has 0 heterocycles. The van der Waals surface area contributed by atoms with Gasteiger partial charge in [-0.25, -0.2) is 4.79 Å². The first-order valence-corrected chi connectivity index (χ1v) is 5.73.